The molecule has 0 saturated carbocycles. The molecule has 3 heteroatoms. The Balaban J connectivity index is 0.000000531. The first-order valence-electron chi connectivity index (χ1n) is 5.21. The lowest BCUT2D eigenvalue weighted by atomic mass is 10.00. The van der Waals surface area contributed by atoms with E-state index >= 15 is 0 Å². The third-order valence-electron chi connectivity index (χ3n) is 2.62. The third-order valence-corrected chi connectivity index (χ3v) is 2.62. The first-order chi connectivity index (χ1) is 7.29. The average molecular weight is 208 g/mol. The molecule has 0 saturated heterocycles. The predicted octanol–water partition coefficient (Wildman–Crippen LogP) is 1.26. The van der Waals surface area contributed by atoms with Crippen LogP contribution in [0.1, 0.15) is 11.1 Å². The smallest absolute Gasteiger partial charge is 0.119 e. The number of likely N-dealkylation sites (N-methyl/N-ethyl adjacent to an activating group) is 1. The number of rotatable bonds is 1. The van der Waals surface area contributed by atoms with Crippen LogP contribution in [0.2, 0.25) is 0 Å². The Bertz CT molecular complexity index is 312. The molecule has 0 radical (unpaired) electrons. The fraction of sp³-hybridized carbons (Fsp3) is 0.500. The van der Waals surface area contributed by atoms with Crippen molar-refractivity contribution in [3.05, 3.63) is 29.3 Å². The number of hydrogen-bond donors (Lipinski definition) is 1. The Morgan fingerprint density at radius 2 is 2.00 bits per heavy atom. The van der Waals surface area contributed by atoms with Crippen LogP contribution in [-0.2, 0) is 13.0 Å². The van der Waals surface area contributed by atoms with Crippen LogP contribution in [0.15, 0.2) is 18.2 Å². The highest BCUT2D eigenvalue weighted by molar-refractivity contribution is 5.36. The minimum absolute atomic E-state index is 0.975. The second-order valence-corrected chi connectivity index (χ2v) is 3.62. The molecule has 2 rings (SSSR count). The van der Waals surface area contributed by atoms with E-state index in [1.54, 1.807) is 7.11 Å². The first-order valence-corrected chi connectivity index (χ1v) is 5.21. The summed E-state index contributed by atoms with van der Waals surface area (Å²) in [6.45, 7) is 2.22. The molecule has 3 nitrogen and oxygen atoms in total. The molecule has 0 bridgehead atoms. The summed E-state index contributed by atoms with van der Waals surface area (Å²) in [6.07, 6.45) is 1.14. The van der Waals surface area contributed by atoms with Crippen molar-refractivity contribution >= 4 is 0 Å². The largest absolute Gasteiger partial charge is 0.497 e. The number of hydrogen-bond acceptors (Lipinski definition) is 3. The van der Waals surface area contributed by atoms with E-state index < -0.39 is 0 Å². The van der Waals surface area contributed by atoms with Crippen LogP contribution in [0.5, 0.6) is 5.75 Å². The highest BCUT2D eigenvalue weighted by atomic mass is 16.5. The van der Waals surface area contributed by atoms with Gasteiger partial charge in [-0.25, -0.2) is 0 Å². The van der Waals surface area contributed by atoms with Crippen LogP contribution >= 0.6 is 0 Å². The van der Waals surface area contributed by atoms with Gasteiger partial charge < -0.3 is 15.4 Å². The van der Waals surface area contributed by atoms with Crippen molar-refractivity contribution in [1.82, 2.24) is 4.90 Å². The van der Waals surface area contributed by atoms with Gasteiger partial charge in [0.1, 0.15) is 5.75 Å². The Labute approximate surface area is 91.8 Å². The summed E-state index contributed by atoms with van der Waals surface area (Å²) in [7, 11) is 5.38. The molecule has 0 unspecified atom stereocenters. The Hall–Kier alpha value is -1.06. The van der Waals surface area contributed by atoms with Crippen LogP contribution in [0.4, 0.5) is 0 Å². The van der Waals surface area contributed by atoms with E-state index in [1.807, 2.05) is 6.07 Å². The molecule has 1 aromatic carbocycles. The van der Waals surface area contributed by atoms with Gasteiger partial charge in [0.05, 0.1) is 7.11 Å². The SMILES string of the molecule is CN.COc1ccc2c(c1)CCN(C)C2. The van der Waals surface area contributed by atoms with E-state index in [9.17, 15) is 0 Å². The van der Waals surface area contributed by atoms with Gasteiger partial charge in [0.15, 0.2) is 0 Å². The van der Waals surface area contributed by atoms with E-state index in [0.29, 0.717) is 0 Å². The van der Waals surface area contributed by atoms with Gasteiger partial charge in [-0.3, -0.25) is 0 Å². The Morgan fingerprint density at radius 1 is 1.27 bits per heavy atom. The number of methoxy groups -OCH3 is 1. The molecular weight excluding hydrogens is 188 g/mol. The van der Waals surface area contributed by atoms with Crippen LogP contribution in [0.3, 0.4) is 0 Å². The summed E-state index contributed by atoms with van der Waals surface area (Å²) >= 11 is 0. The minimum Gasteiger partial charge on any atom is -0.497 e. The number of nitrogens with two attached hydrogens (primary N) is 1. The van der Waals surface area contributed by atoms with Gasteiger partial charge in [-0.2, -0.15) is 0 Å². The van der Waals surface area contributed by atoms with Crippen molar-refractivity contribution in [2.75, 3.05) is 27.7 Å². The predicted molar refractivity (Wildman–Crippen MR) is 63.1 cm³/mol. The van der Waals surface area contributed by atoms with Crippen molar-refractivity contribution in [3.8, 4) is 5.75 Å². The molecule has 1 aliphatic heterocycles. The number of fused-ring (bicyclic) bond motifs is 1. The van der Waals surface area contributed by atoms with Crippen LogP contribution in [-0.4, -0.2) is 32.6 Å². The lowest BCUT2D eigenvalue weighted by Gasteiger charge is -2.25. The van der Waals surface area contributed by atoms with Gasteiger partial charge in [-0.15, -0.1) is 0 Å². The molecule has 0 spiro atoms. The Morgan fingerprint density at radius 3 is 2.67 bits per heavy atom. The summed E-state index contributed by atoms with van der Waals surface area (Å²) < 4.78 is 5.19. The quantitative estimate of drug-likeness (QED) is 0.755. The van der Waals surface area contributed by atoms with Crippen LogP contribution < -0.4 is 10.5 Å². The Kier molecular flexibility index (Phi) is 4.59. The summed E-state index contributed by atoms with van der Waals surface area (Å²) in [5, 5.41) is 0. The second kappa shape index (κ2) is 5.73. The topological polar surface area (TPSA) is 38.5 Å². The number of ether oxygens (including phenoxy) is 1. The van der Waals surface area contributed by atoms with Crippen LogP contribution in [0.25, 0.3) is 0 Å². The van der Waals surface area contributed by atoms with Gasteiger partial charge in [0.2, 0.25) is 0 Å². The summed E-state index contributed by atoms with van der Waals surface area (Å²) in [5.41, 5.74) is 7.38. The third kappa shape index (κ3) is 2.94. The number of nitrogens with zero attached hydrogens (tertiary/aromatic N) is 1. The van der Waals surface area contributed by atoms with Crippen molar-refractivity contribution in [1.29, 1.82) is 0 Å². The fourth-order valence-corrected chi connectivity index (χ4v) is 1.80. The van der Waals surface area contributed by atoms with E-state index in [1.165, 1.54) is 18.2 Å². The molecule has 0 fully saturated rings. The monoisotopic (exact) mass is 208 g/mol. The normalized spacial score (nSPS) is 14.9. The molecule has 0 aliphatic carbocycles. The summed E-state index contributed by atoms with van der Waals surface area (Å²) in [6, 6.07) is 6.37. The molecule has 0 atom stereocenters. The van der Waals surface area contributed by atoms with E-state index in [4.69, 9.17) is 4.74 Å². The van der Waals surface area contributed by atoms with E-state index in [0.717, 1.165) is 25.3 Å². The molecule has 1 aliphatic rings. The van der Waals surface area contributed by atoms with Gasteiger partial charge in [0, 0.05) is 13.1 Å². The minimum atomic E-state index is 0.975. The zero-order valence-corrected chi connectivity index (χ0v) is 9.79. The standard InChI is InChI=1S/C11H15NO.CH5N/c1-12-6-5-9-7-11(13-2)4-3-10(9)8-12;1-2/h3-4,7H,5-6,8H2,1-2H3;2H2,1H3. The highest BCUT2D eigenvalue weighted by Gasteiger charge is 2.12. The molecule has 1 aromatic rings. The lowest BCUT2D eigenvalue weighted by molar-refractivity contribution is 0.312. The maximum atomic E-state index is 5.19. The second-order valence-electron chi connectivity index (χ2n) is 3.62. The molecule has 1 heterocycles. The molecule has 0 amide bonds. The van der Waals surface area contributed by atoms with Gasteiger partial charge in [0.25, 0.3) is 0 Å². The maximum Gasteiger partial charge on any atom is 0.119 e. The first kappa shape index (κ1) is 12.0. The maximum absolute atomic E-state index is 5.19. The summed E-state index contributed by atoms with van der Waals surface area (Å²) in [5.74, 6) is 0.975. The average Bonchev–Trinajstić information content (AvgIpc) is 2.31. The zero-order chi connectivity index (χ0) is 11.3. The van der Waals surface area contributed by atoms with Crippen molar-refractivity contribution < 1.29 is 4.74 Å². The lowest BCUT2D eigenvalue weighted by Crippen LogP contribution is -2.26. The zero-order valence-electron chi connectivity index (χ0n) is 9.79. The molecule has 84 valence electrons. The molecule has 2 N–H and O–H groups in total. The molecule has 0 aromatic heterocycles. The van der Waals surface area contributed by atoms with Crippen molar-refractivity contribution in [2.45, 2.75) is 13.0 Å². The fourth-order valence-electron chi connectivity index (χ4n) is 1.80. The molecular formula is C12H20N2O. The van der Waals surface area contributed by atoms with Crippen molar-refractivity contribution in [3.63, 3.8) is 0 Å². The van der Waals surface area contributed by atoms with E-state index in [2.05, 4.69) is 29.8 Å². The number of benzene rings is 1. The van der Waals surface area contributed by atoms with Gasteiger partial charge in [-0.05, 0) is 43.8 Å². The van der Waals surface area contributed by atoms with E-state index in [-0.39, 0.29) is 0 Å². The van der Waals surface area contributed by atoms with Crippen LogP contribution in [0, 0.1) is 0 Å². The highest BCUT2D eigenvalue weighted by Crippen LogP contribution is 2.22. The van der Waals surface area contributed by atoms with Gasteiger partial charge in [-0.1, -0.05) is 6.07 Å². The van der Waals surface area contributed by atoms with Gasteiger partial charge >= 0.3 is 0 Å². The molecule has 15 heavy (non-hydrogen) atoms. The summed E-state index contributed by atoms with van der Waals surface area (Å²) in [4.78, 5) is 2.34. The van der Waals surface area contributed by atoms with Crippen molar-refractivity contribution in [2.24, 2.45) is 5.73 Å².